The van der Waals surface area contributed by atoms with E-state index in [9.17, 15) is 0 Å². The fraction of sp³-hybridized carbons (Fsp3) is 0.273. The Morgan fingerprint density at radius 3 is 2.93 bits per heavy atom. The van der Waals surface area contributed by atoms with Crippen LogP contribution in [0.15, 0.2) is 24.7 Å². The van der Waals surface area contributed by atoms with Crippen molar-refractivity contribution in [3.63, 3.8) is 0 Å². The van der Waals surface area contributed by atoms with Crippen LogP contribution in [-0.2, 0) is 13.0 Å². The maximum Gasteiger partial charge on any atom is 0.137 e. The van der Waals surface area contributed by atoms with Gasteiger partial charge in [0, 0.05) is 36.4 Å². The summed E-state index contributed by atoms with van der Waals surface area (Å²) in [7, 11) is 0. The van der Waals surface area contributed by atoms with Crippen LogP contribution in [0, 0.1) is 0 Å². The third-order valence-corrected chi connectivity index (χ3v) is 2.39. The van der Waals surface area contributed by atoms with Crippen molar-refractivity contribution >= 4 is 0 Å². The van der Waals surface area contributed by atoms with Crippen LogP contribution in [0.2, 0.25) is 0 Å². The van der Waals surface area contributed by atoms with Gasteiger partial charge in [0.05, 0.1) is 0 Å². The van der Waals surface area contributed by atoms with Gasteiger partial charge in [-0.3, -0.25) is 4.98 Å². The highest BCUT2D eigenvalue weighted by atomic mass is 14.9. The Bertz CT molecular complexity index is 447. The highest BCUT2D eigenvalue weighted by Gasteiger charge is 2.06. The molecule has 0 aromatic carbocycles. The maximum absolute atomic E-state index is 5.53. The van der Waals surface area contributed by atoms with E-state index < -0.39 is 0 Å². The lowest BCUT2D eigenvalue weighted by Gasteiger charge is -2.03. The van der Waals surface area contributed by atoms with E-state index in [1.165, 1.54) is 5.56 Å². The number of hydrogen-bond donors (Lipinski definition) is 2. The molecular weight excluding hydrogens is 188 g/mol. The highest BCUT2D eigenvalue weighted by Crippen LogP contribution is 2.19. The van der Waals surface area contributed by atoms with Gasteiger partial charge in [0.15, 0.2) is 0 Å². The Labute approximate surface area is 88.6 Å². The lowest BCUT2D eigenvalue weighted by atomic mass is 10.1. The summed E-state index contributed by atoms with van der Waals surface area (Å²) in [6, 6.07) is 1.97. The Morgan fingerprint density at radius 2 is 2.27 bits per heavy atom. The van der Waals surface area contributed by atoms with E-state index in [4.69, 9.17) is 5.73 Å². The van der Waals surface area contributed by atoms with Crippen LogP contribution < -0.4 is 5.73 Å². The lowest BCUT2D eigenvalue weighted by Crippen LogP contribution is -1.96. The number of H-pyrrole nitrogens is 1. The predicted molar refractivity (Wildman–Crippen MR) is 59.1 cm³/mol. The third kappa shape index (κ3) is 1.89. The van der Waals surface area contributed by atoms with Gasteiger partial charge in [0.2, 0.25) is 0 Å². The summed E-state index contributed by atoms with van der Waals surface area (Å²) in [5, 5.41) is 0. The summed E-state index contributed by atoms with van der Waals surface area (Å²) in [5.41, 5.74) is 8.77. The molecule has 0 amide bonds. The number of aryl methyl sites for hydroxylation is 1. The number of pyridine rings is 1. The van der Waals surface area contributed by atoms with Crippen molar-refractivity contribution in [2.45, 2.75) is 19.9 Å². The number of nitrogens with one attached hydrogen (secondary N) is 1. The van der Waals surface area contributed by atoms with Gasteiger partial charge in [-0.2, -0.15) is 0 Å². The first-order chi connectivity index (χ1) is 7.35. The topological polar surface area (TPSA) is 67.6 Å². The van der Waals surface area contributed by atoms with E-state index >= 15 is 0 Å². The van der Waals surface area contributed by atoms with Crippen molar-refractivity contribution in [1.29, 1.82) is 0 Å². The summed E-state index contributed by atoms with van der Waals surface area (Å²) >= 11 is 0. The summed E-state index contributed by atoms with van der Waals surface area (Å²) in [6.45, 7) is 2.59. The molecule has 0 aliphatic heterocycles. The molecule has 78 valence electrons. The van der Waals surface area contributed by atoms with Crippen LogP contribution >= 0.6 is 0 Å². The van der Waals surface area contributed by atoms with E-state index in [0.29, 0.717) is 6.54 Å². The van der Waals surface area contributed by atoms with Crippen LogP contribution in [0.3, 0.4) is 0 Å². The van der Waals surface area contributed by atoms with E-state index in [-0.39, 0.29) is 0 Å². The molecule has 0 aliphatic rings. The number of rotatable bonds is 3. The molecule has 0 atom stereocenters. The Morgan fingerprint density at radius 1 is 1.40 bits per heavy atom. The molecule has 2 aromatic rings. The molecule has 4 heteroatoms. The molecule has 0 unspecified atom stereocenters. The number of nitrogens with zero attached hydrogens (tertiary/aromatic N) is 2. The van der Waals surface area contributed by atoms with Crippen molar-refractivity contribution in [2.75, 3.05) is 0 Å². The Kier molecular flexibility index (Phi) is 2.78. The van der Waals surface area contributed by atoms with Gasteiger partial charge in [-0.15, -0.1) is 0 Å². The first-order valence-electron chi connectivity index (χ1n) is 5.02. The molecule has 4 nitrogen and oxygen atoms in total. The minimum absolute atomic E-state index is 0.486. The highest BCUT2D eigenvalue weighted by molar-refractivity contribution is 5.59. The molecule has 0 aliphatic carbocycles. The standard InChI is InChI=1S/C11H14N4/c1-2-8-6-13-4-3-10(8)11-14-7-9(5-12)15-11/h3-4,6-7H,2,5,12H2,1H3,(H,14,15). The first kappa shape index (κ1) is 9.86. The predicted octanol–water partition coefficient (Wildman–Crippen LogP) is 1.49. The summed E-state index contributed by atoms with van der Waals surface area (Å²) in [4.78, 5) is 11.6. The number of aromatic amines is 1. The molecule has 0 fully saturated rings. The molecule has 0 bridgehead atoms. The van der Waals surface area contributed by atoms with Crippen molar-refractivity contribution in [3.8, 4) is 11.4 Å². The average molecular weight is 202 g/mol. The summed E-state index contributed by atoms with van der Waals surface area (Å²) in [5.74, 6) is 0.870. The van der Waals surface area contributed by atoms with E-state index in [1.54, 1.807) is 12.4 Å². The van der Waals surface area contributed by atoms with Gasteiger partial charge < -0.3 is 10.7 Å². The van der Waals surface area contributed by atoms with Crippen molar-refractivity contribution in [1.82, 2.24) is 15.0 Å². The van der Waals surface area contributed by atoms with Crippen LogP contribution in [0.1, 0.15) is 18.2 Å². The minimum Gasteiger partial charge on any atom is -0.341 e. The fourth-order valence-electron chi connectivity index (χ4n) is 1.54. The second-order valence-corrected chi connectivity index (χ2v) is 3.35. The maximum atomic E-state index is 5.53. The number of nitrogens with two attached hydrogens (primary N) is 1. The van der Waals surface area contributed by atoms with Gasteiger partial charge in [-0.1, -0.05) is 6.92 Å². The molecule has 2 aromatic heterocycles. The smallest absolute Gasteiger partial charge is 0.137 e. The minimum atomic E-state index is 0.486. The summed E-state index contributed by atoms with van der Waals surface area (Å²) in [6.07, 6.45) is 6.37. The Hall–Kier alpha value is -1.68. The second kappa shape index (κ2) is 4.23. The van der Waals surface area contributed by atoms with E-state index in [1.807, 2.05) is 12.3 Å². The molecular formula is C11H14N4. The molecule has 2 heterocycles. The molecule has 2 rings (SSSR count). The van der Waals surface area contributed by atoms with Gasteiger partial charge >= 0.3 is 0 Å². The molecule has 15 heavy (non-hydrogen) atoms. The quantitative estimate of drug-likeness (QED) is 0.792. The van der Waals surface area contributed by atoms with Gasteiger partial charge in [0.25, 0.3) is 0 Å². The van der Waals surface area contributed by atoms with Crippen molar-refractivity contribution in [3.05, 3.63) is 35.9 Å². The van der Waals surface area contributed by atoms with Crippen LogP contribution in [0.4, 0.5) is 0 Å². The number of aromatic nitrogens is 3. The SMILES string of the molecule is CCc1cnccc1-c1ncc(CN)[nH]1. The van der Waals surface area contributed by atoms with Crippen molar-refractivity contribution in [2.24, 2.45) is 5.73 Å². The largest absolute Gasteiger partial charge is 0.341 e. The molecule has 0 radical (unpaired) electrons. The summed E-state index contributed by atoms with van der Waals surface area (Å²) < 4.78 is 0. The zero-order valence-electron chi connectivity index (χ0n) is 8.70. The molecule has 0 saturated heterocycles. The second-order valence-electron chi connectivity index (χ2n) is 3.35. The molecule has 3 N–H and O–H groups in total. The molecule has 0 spiro atoms. The van der Waals surface area contributed by atoms with Gasteiger partial charge in [-0.25, -0.2) is 4.98 Å². The lowest BCUT2D eigenvalue weighted by molar-refractivity contribution is 1.01. The monoisotopic (exact) mass is 202 g/mol. The Balaban J connectivity index is 2.44. The van der Waals surface area contributed by atoms with Crippen molar-refractivity contribution < 1.29 is 0 Å². The van der Waals surface area contributed by atoms with Crippen LogP contribution in [-0.4, -0.2) is 15.0 Å². The first-order valence-corrected chi connectivity index (χ1v) is 5.02. The fourth-order valence-corrected chi connectivity index (χ4v) is 1.54. The van der Waals surface area contributed by atoms with Gasteiger partial charge in [-0.05, 0) is 18.1 Å². The van der Waals surface area contributed by atoms with E-state index in [0.717, 1.165) is 23.5 Å². The number of imidazole rings is 1. The average Bonchev–Trinajstić information content (AvgIpc) is 2.77. The zero-order valence-corrected chi connectivity index (χ0v) is 8.70. The third-order valence-electron chi connectivity index (χ3n) is 2.39. The van der Waals surface area contributed by atoms with Crippen LogP contribution in [0.25, 0.3) is 11.4 Å². The zero-order chi connectivity index (χ0) is 10.7. The molecule has 0 saturated carbocycles. The van der Waals surface area contributed by atoms with Gasteiger partial charge in [0.1, 0.15) is 5.82 Å². The van der Waals surface area contributed by atoms with E-state index in [2.05, 4.69) is 21.9 Å². The van der Waals surface area contributed by atoms with Crippen LogP contribution in [0.5, 0.6) is 0 Å². The number of hydrogen-bond acceptors (Lipinski definition) is 3. The normalized spacial score (nSPS) is 10.5.